The Bertz CT molecular complexity index is 1050. The zero-order chi connectivity index (χ0) is 34.1. The molecule has 11 heteroatoms. The second-order valence-electron chi connectivity index (χ2n) is 12.1. The molecule has 1 aromatic rings. The summed E-state index contributed by atoms with van der Waals surface area (Å²) in [6.45, 7) is 7.99. The third kappa shape index (κ3) is 18.0. The number of allylic oxidation sites excluding steroid dienone is 1. The van der Waals surface area contributed by atoms with Crippen LogP contribution in [0.5, 0.6) is 0 Å². The third-order valence-corrected chi connectivity index (χ3v) is 7.67. The van der Waals surface area contributed by atoms with E-state index in [4.69, 9.17) is 28.4 Å². The normalized spacial score (nSPS) is 17.1. The molecule has 0 aromatic heterocycles. The van der Waals surface area contributed by atoms with Crippen LogP contribution in [0, 0.1) is 11.8 Å². The van der Waals surface area contributed by atoms with Crippen LogP contribution in [0.1, 0.15) is 84.1 Å². The predicted octanol–water partition coefficient (Wildman–Crippen LogP) is 5.09. The second-order valence-corrected chi connectivity index (χ2v) is 12.1. The lowest BCUT2D eigenvalue weighted by Crippen LogP contribution is -2.48. The third-order valence-electron chi connectivity index (χ3n) is 7.67. The highest BCUT2D eigenvalue weighted by Gasteiger charge is 2.43. The molecule has 0 spiro atoms. The van der Waals surface area contributed by atoms with E-state index in [2.05, 4.69) is 12.2 Å². The van der Waals surface area contributed by atoms with Gasteiger partial charge in [-0.05, 0) is 37.2 Å². The lowest BCUT2D eigenvalue weighted by molar-refractivity contribution is -0.190. The van der Waals surface area contributed by atoms with Crippen LogP contribution in [0.15, 0.2) is 42.5 Å². The predicted molar refractivity (Wildman–Crippen MR) is 176 cm³/mol. The summed E-state index contributed by atoms with van der Waals surface area (Å²) in [4.78, 5) is 47.9. The van der Waals surface area contributed by atoms with Gasteiger partial charge in [-0.2, -0.15) is 0 Å². The quantitative estimate of drug-likeness (QED) is 0.0425. The molecule has 0 bridgehead atoms. The van der Waals surface area contributed by atoms with E-state index in [-0.39, 0.29) is 43.7 Å². The van der Waals surface area contributed by atoms with E-state index in [1.54, 1.807) is 0 Å². The first-order valence-corrected chi connectivity index (χ1v) is 17.0. The lowest BCUT2D eigenvalue weighted by atomic mass is 9.86. The highest BCUT2D eigenvalue weighted by atomic mass is 16.6. The zero-order valence-corrected chi connectivity index (χ0v) is 28.4. The summed E-state index contributed by atoms with van der Waals surface area (Å²) in [6, 6.07) is 8.73. The number of hydrogen-bond donors (Lipinski definition) is 1. The van der Waals surface area contributed by atoms with Crippen LogP contribution in [-0.2, 0) is 54.2 Å². The van der Waals surface area contributed by atoms with Crippen LogP contribution < -0.4 is 5.32 Å². The first-order chi connectivity index (χ1) is 22.8. The molecule has 4 atom stereocenters. The van der Waals surface area contributed by atoms with Crippen molar-refractivity contribution in [2.24, 2.45) is 11.8 Å². The van der Waals surface area contributed by atoms with Crippen LogP contribution in [0.25, 0.3) is 0 Å². The number of unbranched alkanes of at least 4 members (excludes halogenated alkanes) is 3. The van der Waals surface area contributed by atoms with Crippen molar-refractivity contribution in [3.05, 3.63) is 48.0 Å². The van der Waals surface area contributed by atoms with E-state index < -0.39 is 24.1 Å². The maximum Gasteiger partial charge on any atom is 0.332 e. The van der Waals surface area contributed by atoms with Crippen LogP contribution in [-0.4, -0.2) is 82.2 Å². The number of cyclic esters (lactones) is 1. The van der Waals surface area contributed by atoms with Crippen molar-refractivity contribution >= 4 is 24.3 Å². The van der Waals surface area contributed by atoms with E-state index in [0.29, 0.717) is 58.5 Å². The SMILES string of the molecule is CCCCCC[C@@H]1C(=O)O[C@H]1C[C@H](CC/C=C\COCCOCCOCC(=O)OCc1ccccc1)OC(=O)[C@H](CC(C)C)NC=O. The first kappa shape index (κ1) is 39.9. The van der Waals surface area contributed by atoms with Gasteiger partial charge in [0, 0.05) is 6.42 Å². The molecule has 0 saturated carbocycles. The smallest absolute Gasteiger partial charge is 0.332 e. The molecule has 1 N–H and O–H groups in total. The molecule has 1 aliphatic heterocycles. The van der Waals surface area contributed by atoms with E-state index in [0.717, 1.165) is 37.7 Å². The van der Waals surface area contributed by atoms with Gasteiger partial charge in [0.05, 0.1) is 39.0 Å². The van der Waals surface area contributed by atoms with Gasteiger partial charge in [0.1, 0.15) is 31.5 Å². The van der Waals surface area contributed by atoms with Gasteiger partial charge in [-0.15, -0.1) is 0 Å². The largest absolute Gasteiger partial charge is 0.461 e. The highest BCUT2D eigenvalue weighted by Crippen LogP contribution is 2.32. The molecule has 0 aliphatic carbocycles. The molecule has 1 aromatic carbocycles. The second kappa shape index (κ2) is 24.8. The van der Waals surface area contributed by atoms with Gasteiger partial charge in [-0.3, -0.25) is 9.59 Å². The number of nitrogens with one attached hydrogen (secondary N) is 1. The van der Waals surface area contributed by atoms with E-state index >= 15 is 0 Å². The van der Waals surface area contributed by atoms with E-state index in [1.807, 2.05) is 56.3 Å². The Labute approximate surface area is 280 Å². The van der Waals surface area contributed by atoms with Gasteiger partial charge in [0.15, 0.2) is 0 Å². The summed E-state index contributed by atoms with van der Waals surface area (Å²) in [7, 11) is 0. The van der Waals surface area contributed by atoms with Crippen molar-refractivity contribution in [3.8, 4) is 0 Å². The Balaban J connectivity index is 1.64. The summed E-state index contributed by atoms with van der Waals surface area (Å²) < 4.78 is 32.8. The minimum atomic E-state index is -0.719. The van der Waals surface area contributed by atoms with E-state index in [1.165, 1.54) is 0 Å². The van der Waals surface area contributed by atoms with Crippen molar-refractivity contribution in [1.29, 1.82) is 0 Å². The van der Waals surface area contributed by atoms with Crippen LogP contribution in [0.3, 0.4) is 0 Å². The Morgan fingerprint density at radius 2 is 1.72 bits per heavy atom. The molecule has 1 heterocycles. The minimum absolute atomic E-state index is 0.128. The zero-order valence-electron chi connectivity index (χ0n) is 28.4. The topological polar surface area (TPSA) is 136 Å². The number of carbonyl (C=O) groups excluding carboxylic acids is 4. The number of esters is 3. The summed E-state index contributed by atoms with van der Waals surface area (Å²) in [5.41, 5.74) is 0.920. The van der Waals surface area contributed by atoms with Gasteiger partial charge in [-0.25, -0.2) is 9.59 Å². The van der Waals surface area contributed by atoms with Crippen molar-refractivity contribution in [1.82, 2.24) is 5.32 Å². The molecule has 2 rings (SSSR count). The standard InChI is InChI=1S/C36H55NO10/c1-4-5-6-12-17-31-33(47-35(31)40)24-30(46-36(41)32(37-27-38)23-28(2)3)16-11-8-13-18-42-19-20-43-21-22-44-26-34(39)45-25-29-14-9-7-10-15-29/h7-10,13-15,27-28,30-33H,4-6,11-12,16-26H2,1-3H3,(H,37,38)/b13-8-/t30-,31-,32-,33-/m0/s1. The molecule has 1 fully saturated rings. The monoisotopic (exact) mass is 661 g/mol. The summed E-state index contributed by atoms with van der Waals surface area (Å²) in [6.07, 6.45) is 10.9. The molecular formula is C36H55NO10. The average molecular weight is 662 g/mol. The first-order valence-electron chi connectivity index (χ1n) is 17.0. The fourth-order valence-electron chi connectivity index (χ4n) is 5.11. The van der Waals surface area contributed by atoms with Crippen molar-refractivity contribution in [3.63, 3.8) is 0 Å². The number of amides is 1. The number of benzene rings is 1. The van der Waals surface area contributed by atoms with Crippen molar-refractivity contribution in [2.45, 2.75) is 103 Å². The molecule has 1 saturated heterocycles. The Hall–Kier alpha value is -3.28. The maximum atomic E-state index is 13.0. The minimum Gasteiger partial charge on any atom is -0.461 e. The molecule has 264 valence electrons. The number of hydrogen-bond acceptors (Lipinski definition) is 10. The number of ether oxygens (including phenoxy) is 6. The molecule has 1 aliphatic rings. The summed E-state index contributed by atoms with van der Waals surface area (Å²) >= 11 is 0. The number of rotatable bonds is 28. The summed E-state index contributed by atoms with van der Waals surface area (Å²) in [5.74, 6) is -1.04. The fraction of sp³-hybridized carbons (Fsp3) is 0.667. The number of carbonyl (C=O) groups is 4. The molecule has 0 radical (unpaired) electrons. The van der Waals surface area contributed by atoms with Crippen molar-refractivity contribution < 1.29 is 47.6 Å². The van der Waals surface area contributed by atoms with Crippen LogP contribution >= 0.6 is 0 Å². The molecule has 47 heavy (non-hydrogen) atoms. The maximum absolute atomic E-state index is 13.0. The Morgan fingerprint density at radius 1 is 0.979 bits per heavy atom. The van der Waals surface area contributed by atoms with Crippen molar-refractivity contribution in [2.75, 3.05) is 39.6 Å². The van der Waals surface area contributed by atoms with Gasteiger partial charge < -0.3 is 33.7 Å². The average Bonchev–Trinajstić information content (AvgIpc) is 3.05. The molecule has 1 amide bonds. The summed E-state index contributed by atoms with van der Waals surface area (Å²) in [5, 5.41) is 2.58. The van der Waals surface area contributed by atoms with Gasteiger partial charge >= 0.3 is 17.9 Å². The molecule has 11 nitrogen and oxygen atoms in total. The Morgan fingerprint density at radius 3 is 2.43 bits per heavy atom. The van der Waals surface area contributed by atoms with Gasteiger partial charge in [-0.1, -0.05) is 88.9 Å². The molecular weight excluding hydrogens is 606 g/mol. The van der Waals surface area contributed by atoms with Crippen LogP contribution in [0.4, 0.5) is 0 Å². The fourth-order valence-corrected chi connectivity index (χ4v) is 5.11. The Kier molecular flexibility index (Phi) is 21.1. The molecule has 0 unspecified atom stereocenters. The van der Waals surface area contributed by atoms with Gasteiger partial charge in [0.2, 0.25) is 6.41 Å². The van der Waals surface area contributed by atoms with Crippen LogP contribution in [0.2, 0.25) is 0 Å². The highest BCUT2D eigenvalue weighted by molar-refractivity contribution is 5.79. The van der Waals surface area contributed by atoms with E-state index in [9.17, 15) is 19.2 Å². The lowest BCUT2D eigenvalue weighted by Gasteiger charge is -2.37. The van der Waals surface area contributed by atoms with Gasteiger partial charge in [0.25, 0.3) is 0 Å².